The Labute approximate surface area is 230 Å². The summed E-state index contributed by atoms with van der Waals surface area (Å²) in [6, 6.07) is 3.74. The van der Waals surface area contributed by atoms with Crippen LogP contribution >= 0.6 is 0 Å². The smallest absolute Gasteiger partial charge is 0.268 e. The van der Waals surface area contributed by atoms with Crippen molar-refractivity contribution in [1.29, 1.82) is 0 Å². The third kappa shape index (κ3) is 7.69. The molecule has 214 valence electrons. The van der Waals surface area contributed by atoms with E-state index >= 15 is 0 Å². The third-order valence-corrected chi connectivity index (χ3v) is 6.29. The van der Waals surface area contributed by atoms with Crippen LogP contribution in [-0.2, 0) is 18.4 Å². The van der Waals surface area contributed by atoms with Crippen LogP contribution in [0.4, 0.5) is 19.0 Å². The average molecular weight is 558 g/mol. The van der Waals surface area contributed by atoms with Crippen molar-refractivity contribution in [1.82, 2.24) is 24.8 Å². The maximum absolute atomic E-state index is 14.7. The second kappa shape index (κ2) is 14.3. The van der Waals surface area contributed by atoms with Crippen molar-refractivity contribution in [2.75, 3.05) is 12.4 Å². The van der Waals surface area contributed by atoms with E-state index < -0.39 is 23.4 Å². The van der Waals surface area contributed by atoms with Gasteiger partial charge in [0.1, 0.15) is 23.6 Å². The van der Waals surface area contributed by atoms with Crippen LogP contribution in [0.2, 0.25) is 0 Å². The van der Waals surface area contributed by atoms with Crippen molar-refractivity contribution in [3.8, 4) is 11.3 Å². The number of rotatable bonds is 6. The number of aryl methyl sites for hydroxylation is 1. The van der Waals surface area contributed by atoms with E-state index in [1.54, 1.807) is 31.1 Å². The number of benzene rings is 1. The molecule has 3 heterocycles. The number of nitrogens with one attached hydrogen (secondary N) is 3. The number of aromatic nitrogens is 4. The monoisotopic (exact) mass is 557 g/mol. The molecule has 1 aromatic carbocycles. The maximum Gasteiger partial charge on any atom is 0.268 e. The van der Waals surface area contributed by atoms with E-state index in [1.165, 1.54) is 31.8 Å². The molecule has 5 rings (SSSR count). The van der Waals surface area contributed by atoms with Crippen LogP contribution < -0.4 is 16.4 Å². The van der Waals surface area contributed by atoms with Crippen molar-refractivity contribution in [2.24, 2.45) is 12.8 Å². The number of nitrogens with zero attached hydrogens (tertiary/aromatic N) is 3. The number of fused-ring (bicyclic) bond motifs is 1. The highest BCUT2D eigenvalue weighted by Gasteiger charge is 2.21. The number of aldehydes is 1. The Morgan fingerprint density at radius 1 is 1.18 bits per heavy atom. The van der Waals surface area contributed by atoms with Gasteiger partial charge < -0.3 is 30.7 Å². The Kier molecular flexibility index (Phi) is 10.8. The number of anilines is 1. The Morgan fingerprint density at radius 2 is 1.88 bits per heavy atom. The van der Waals surface area contributed by atoms with Gasteiger partial charge in [-0.3, -0.25) is 4.79 Å². The van der Waals surface area contributed by atoms with Gasteiger partial charge in [0.2, 0.25) is 0 Å². The first kappa shape index (κ1) is 30.4. The molecule has 0 aliphatic heterocycles. The highest BCUT2D eigenvalue weighted by Crippen LogP contribution is 2.34. The Hall–Kier alpha value is -4.19. The number of primary amides is 1. The standard InChI is InChI=1S/C21H23F3N4.C5H7N3O.C2H4O/c1-25-10-12-7-18(24)21(27-14-5-3-2-4-6-14)28-19(12)16-11-26-20-15(16)8-13(22)9-17(20)23;1-8-2-4(5(6)9)7-3-8;1-2-3/h7-9,11,14,25-26H,2-6,10H2,1H3,(H,27,28);2-3H,1H3,(H2,6,9);2H,1H3. The molecule has 12 heteroatoms. The number of amides is 1. The van der Waals surface area contributed by atoms with Gasteiger partial charge in [-0.05, 0) is 44.5 Å². The number of pyridine rings is 1. The van der Waals surface area contributed by atoms with Gasteiger partial charge in [-0.15, -0.1) is 0 Å². The summed E-state index contributed by atoms with van der Waals surface area (Å²) in [5, 5.41) is 6.61. The first-order chi connectivity index (χ1) is 19.2. The molecule has 1 fully saturated rings. The second-order valence-corrected chi connectivity index (χ2v) is 9.37. The molecular weight excluding hydrogens is 523 g/mol. The number of hydrogen-bond donors (Lipinski definition) is 4. The SMILES string of the molecule is CC=O.CNCc1cc(F)c(NC2CCCCC2)nc1-c1c[nH]c2c(F)cc(F)cc12.Cn1cnc(C(N)=O)c1. The minimum Gasteiger partial charge on any atom is -0.365 e. The lowest BCUT2D eigenvalue weighted by molar-refractivity contribution is -0.106. The molecule has 40 heavy (non-hydrogen) atoms. The topological polar surface area (TPSA) is 131 Å². The number of halogens is 3. The summed E-state index contributed by atoms with van der Waals surface area (Å²) in [6.07, 6.45) is 10.8. The fourth-order valence-electron chi connectivity index (χ4n) is 4.52. The van der Waals surface area contributed by atoms with Crippen molar-refractivity contribution < 1.29 is 22.8 Å². The average Bonchev–Trinajstić information content (AvgIpc) is 3.54. The zero-order chi connectivity index (χ0) is 29.2. The molecule has 5 N–H and O–H groups in total. The number of H-pyrrole nitrogens is 1. The van der Waals surface area contributed by atoms with Gasteiger partial charge in [0.15, 0.2) is 11.6 Å². The predicted molar refractivity (Wildman–Crippen MR) is 148 cm³/mol. The van der Waals surface area contributed by atoms with Crippen LogP contribution in [0, 0.1) is 17.5 Å². The molecule has 0 saturated heterocycles. The molecule has 1 saturated carbocycles. The molecule has 0 radical (unpaired) electrons. The largest absolute Gasteiger partial charge is 0.365 e. The molecule has 0 bridgehead atoms. The molecule has 0 spiro atoms. The summed E-state index contributed by atoms with van der Waals surface area (Å²) in [4.78, 5) is 30.3. The van der Waals surface area contributed by atoms with E-state index in [9.17, 15) is 18.0 Å². The van der Waals surface area contributed by atoms with E-state index in [-0.39, 0.29) is 17.4 Å². The number of carbonyl (C=O) groups is 2. The lowest BCUT2D eigenvalue weighted by Gasteiger charge is -2.24. The third-order valence-electron chi connectivity index (χ3n) is 6.29. The van der Waals surface area contributed by atoms with E-state index in [1.807, 2.05) is 0 Å². The normalized spacial score (nSPS) is 13.2. The summed E-state index contributed by atoms with van der Waals surface area (Å²) in [7, 11) is 3.53. The summed E-state index contributed by atoms with van der Waals surface area (Å²) < 4.78 is 44.3. The van der Waals surface area contributed by atoms with Crippen molar-refractivity contribution in [3.05, 3.63) is 65.6 Å². The van der Waals surface area contributed by atoms with Crippen molar-refractivity contribution in [3.63, 3.8) is 0 Å². The first-order valence-electron chi connectivity index (χ1n) is 12.9. The van der Waals surface area contributed by atoms with Crippen molar-refractivity contribution in [2.45, 2.75) is 51.6 Å². The number of carbonyl (C=O) groups excluding carboxylic acids is 2. The molecular formula is C28H34F3N7O2. The Morgan fingerprint density at radius 3 is 2.45 bits per heavy atom. The molecule has 9 nitrogen and oxygen atoms in total. The van der Waals surface area contributed by atoms with Crippen LogP contribution in [0.5, 0.6) is 0 Å². The number of hydrogen-bond acceptors (Lipinski definition) is 6. The van der Waals surface area contributed by atoms with Crippen molar-refractivity contribution >= 4 is 28.9 Å². The van der Waals surface area contributed by atoms with Crippen LogP contribution in [0.3, 0.4) is 0 Å². The summed E-state index contributed by atoms with van der Waals surface area (Å²) in [5.41, 5.74) is 7.10. The molecule has 1 aliphatic carbocycles. The second-order valence-electron chi connectivity index (χ2n) is 9.37. The minimum atomic E-state index is -0.668. The van der Waals surface area contributed by atoms with Gasteiger partial charge in [-0.2, -0.15) is 0 Å². The number of aromatic amines is 1. The van der Waals surface area contributed by atoms with Crippen LogP contribution in [0.25, 0.3) is 22.2 Å². The van der Waals surface area contributed by atoms with Gasteiger partial charge in [0.05, 0.1) is 17.5 Å². The zero-order valence-corrected chi connectivity index (χ0v) is 22.7. The fraction of sp³-hybridized carbons (Fsp3) is 0.357. The van der Waals surface area contributed by atoms with Crippen LogP contribution in [0.1, 0.15) is 55.1 Å². The minimum absolute atomic E-state index is 0.188. The van der Waals surface area contributed by atoms with Gasteiger partial charge >= 0.3 is 0 Å². The quantitative estimate of drug-likeness (QED) is 0.251. The van der Waals surface area contributed by atoms with Gasteiger partial charge in [-0.25, -0.2) is 23.1 Å². The number of nitrogens with two attached hydrogens (primary N) is 1. The molecule has 4 aromatic rings. The molecule has 1 aliphatic rings. The van der Waals surface area contributed by atoms with E-state index in [0.717, 1.165) is 38.0 Å². The molecule has 1 amide bonds. The van der Waals surface area contributed by atoms with E-state index in [0.29, 0.717) is 34.4 Å². The lowest BCUT2D eigenvalue weighted by Crippen LogP contribution is -2.24. The lowest BCUT2D eigenvalue weighted by atomic mass is 9.95. The van der Waals surface area contributed by atoms with Gasteiger partial charge in [-0.1, -0.05) is 19.3 Å². The Bertz CT molecular complexity index is 1450. The van der Waals surface area contributed by atoms with Gasteiger partial charge in [0.25, 0.3) is 5.91 Å². The number of imidazole rings is 1. The van der Waals surface area contributed by atoms with Crippen LogP contribution in [-0.4, -0.2) is 44.8 Å². The first-order valence-corrected chi connectivity index (χ1v) is 12.9. The summed E-state index contributed by atoms with van der Waals surface area (Å²) >= 11 is 0. The highest BCUT2D eigenvalue weighted by molar-refractivity contribution is 5.96. The molecule has 3 aromatic heterocycles. The zero-order valence-electron chi connectivity index (χ0n) is 22.7. The van der Waals surface area contributed by atoms with E-state index in [4.69, 9.17) is 10.5 Å². The Balaban J connectivity index is 0.000000307. The molecule has 0 unspecified atom stereocenters. The summed E-state index contributed by atoms with van der Waals surface area (Å²) in [6.45, 7) is 1.83. The highest BCUT2D eigenvalue weighted by atomic mass is 19.1. The fourth-order valence-corrected chi connectivity index (χ4v) is 4.52. The molecule has 0 atom stereocenters. The summed E-state index contributed by atoms with van der Waals surface area (Å²) in [5.74, 6) is -2.05. The predicted octanol–water partition coefficient (Wildman–Crippen LogP) is 4.84. The van der Waals surface area contributed by atoms with Gasteiger partial charge in [0, 0.05) is 49.0 Å². The van der Waals surface area contributed by atoms with Crippen LogP contribution in [0.15, 0.2) is 36.9 Å². The van der Waals surface area contributed by atoms with E-state index in [2.05, 4.69) is 25.6 Å². The maximum atomic E-state index is 14.7.